The van der Waals surface area contributed by atoms with Crippen molar-refractivity contribution < 1.29 is 75.8 Å². The quantitative estimate of drug-likeness (QED) is 0.0146. The lowest BCUT2D eigenvalue weighted by Gasteiger charge is -2.21. The van der Waals surface area contributed by atoms with Gasteiger partial charge in [-0.2, -0.15) is 0 Å². The molecule has 16 nitrogen and oxygen atoms in total. The van der Waals surface area contributed by atoms with Gasteiger partial charge in [0.1, 0.15) is 25.4 Å². The summed E-state index contributed by atoms with van der Waals surface area (Å²) in [6, 6.07) is 0. The summed E-state index contributed by atoms with van der Waals surface area (Å²) in [5.41, 5.74) is 0. The molecule has 0 rings (SSSR count). The van der Waals surface area contributed by atoms with Crippen molar-refractivity contribution in [2.75, 3.05) is 39.6 Å². The van der Waals surface area contributed by atoms with Crippen molar-refractivity contribution in [3.63, 3.8) is 0 Å². The number of esters is 3. The average Bonchev–Trinajstić information content (AvgIpc) is 0.902. The highest BCUT2D eigenvalue weighted by atomic mass is 31.2. The number of hydrogen-bond acceptors (Lipinski definition) is 14. The molecule has 5 unspecified atom stereocenters. The molecule has 0 aromatic carbocycles. The van der Waals surface area contributed by atoms with Crippen LogP contribution in [-0.4, -0.2) is 95.9 Å². The Morgan fingerprint density at radius 1 is 0.232 bits per heavy atom. The average molecular weight is 1790 g/mol. The lowest BCUT2D eigenvalue weighted by Crippen LogP contribution is -2.30. The summed E-state index contributed by atoms with van der Waals surface area (Å²) in [4.78, 5) is 59.2. The molecule has 125 heavy (non-hydrogen) atoms. The first-order chi connectivity index (χ1) is 61.2. The summed E-state index contributed by atoms with van der Waals surface area (Å²) in [5.74, 6) is -1.57. The van der Waals surface area contributed by atoms with Crippen molar-refractivity contribution in [1.29, 1.82) is 0 Å². The van der Waals surface area contributed by atoms with Crippen LogP contribution in [0.3, 0.4) is 0 Å². The molecular formula is C107H186O16P2. The van der Waals surface area contributed by atoms with Gasteiger partial charge in [0.2, 0.25) is 0 Å². The minimum absolute atomic E-state index is 0.0907. The summed E-state index contributed by atoms with van der Waals surface area (Å²) in [6.07, 6.45) is 127. The molecular weight excluding hydrogens is 1600 g/mol. The topological polar surface area (TPSA) is 231 Å². The van der Waals surface area contributed by atoms with E-state index in [1.54, 1.807) is 0 Å². The van der Waals surface area contributed by atoms with Crippen LogP contribution < -0.4 is 0 Å². The molecule has 0 fully saturated rings. The first-order valence-electron chi connectivity index (χ1n) is 50.8. The van der Waals surface area contributed by atoms with Crippen LogP contribution in [0.1, 0.15) is 445 Å². The zero-order valence-corrected chi connectivity index (χ0v) is 81.5. The smallest absolute Gasteiger partial charge is 0.463 e. The lowest BCUT2D eigenvalue weighted by molar-refractivity contribution is -0.161. The zero-order chi connectivity index (χ0) is 90.7. The Morgan fingerprint density at radius 3 is 0.672 bits per heavy atom. The maximum atomic E-state index is 13.1. The van der Waals surface area contributed by atoms with Gasteiger partial charge in [-0.15, -0.1) is 0 Å². The molecule has 0 heterocycles. The molecule has 0 saturated heterocycles. The van der Waals surface area contributed by atoms with Crippen LogP contribution in [0.15, 0.2) is 158 Å². The number of aliphatic hydroxyl groups excluding tert-OH is 2. The van der Waals surface area contributed by atoms with Crippen LogP contribution in [0, 0.1) is 0 Å². The number of allylic oxidation sites excluding steroid dienone is 26. The molecule has 0 saturated carbocycles. The van der Waals surface area contributed by atoms with E-state index in [2.05, 4.69) is 179 Å². The van der Waals surface area contributed by atoms with Gasteiger partial charge in [0.15, 0.2) is 6.10 Å². The number of carbonyl (C=O) groups is 3. The van der Waals surface area contributed by atoms with Crippen molar-refractivity contribution in [2.45, 2.75) is 463 Å². The highest BCUT2D eigenvalue weighted by molar-refractivity contribution is 7.47. The van der Waals surface area contributed by atoms with Gasteiger partial charge in [0.25, 0.3) is 0 Å². The first kappa shape index (κ1) is 120. The van der Waals surface area contributed by atoms with Gasteiger partial charge in [-0.1, -0.05) is 429 Å². The Kier molecular flexibility index (Phi) is 94.4. The number of carbonyl (C=O) groups excluding carboxylic acids is 3. The molecule has 5 atom stereocenters. The summed E-state index contributed by atoms with van der Waals surface area (Å²) >= 11 is 0. The van der Waals surface area contributed by atoms with Crippen molar-refractivity contribution in [3.05, 3.63) is 158 Å². The van der Waals surface area contributed by atoms with Crippen LogP contribution in [0.25, 0.3) is 0 Å². The predicted octanol–water partition coefficient (Wildman–Crippen LogP) is 32.0. The summed E-state index contributed by atoms with van der Waals surface area (Å²) < 4.78 is 61.7. The number of ether oxygens (including phenoxy) is 3. The predicted molar refractivity (Wildman–Crippen MR) is 528 cm³/mol. The fourth-order valence-electron chi connectivity index (χ4n) is 14.0. The standard InChI is InChI=1S/C107H186O16P2/c1-4-7-10-13-16-19-22-25-28-31-34-37-40-42-44-46-48-49-50-51-53-55-56-58-61-63-66-69-72-75-78-81-84-87-90-93-105(110)117-96-102(108)97-119-124(113,114)120-98-103(109)99-121-125(115,116)122-101-104(123-107(112)95-92-89-86-83-80-77-74-71-68-65-60-39-36-33-30-27-24-21-18-15-12-9-6-3)100-118-106(111)94-91-88-85-82-79-76-73-70-67-64-62-59-57-54-52-47-45-43-41-38-35-32-29-26-23-20-17-14-11-8-5-2/h7,10,16-21,25-30,34-39,42-45,65,68,102-104,108-109H,4-6,8-9,11-15,22-24,31-33,40-41,46-64,66-67,69-101H2,1-3H3,(H,113,114)(H,115,116)/b10-7-,19-16-,20-17-,21-18-,28-25-,29-26-,30-27-,37-34-,38-35-,39-36-,44-42-,45-43-,68-65-. The third kappa shape index (κ3) is 99.6. The van der Waals surface area contributed by atoms with E-state index >= 15 is 0 Å². The Bertz CT molecular complexity index is 2900. The zero-order valence-electron chi connectivity index (χ0n) is 79.7. The number of aliphatic hydroxyl groups is 2. The fraction of sp³-hybridized carbons (Fsp3) is 0.729. The molecule has 0 aromatic rings. The van der Waals surface area contributed by atoms with Crippen LogP contribution >= 0.6 is 15.6 Å². The summed E-state index contributed by atoms with van der Waals surface area (Å²) in [5, 5.41) is 20.8. The van der Waals surface area contributed by atoms with Gasteiger partial charge >= 0.3 is 33.6 Å². The van der Waals surface area contributed by atoms with Crippen molar-refractivity contribution in [3.8, 4) is 0 Å². The van der Waals surface area contributed by atoms with Crippen LogP contribution in [0.4, 0.5) is 0 Å². The first-order valence-corrected chi connectivity index (χ1v) is 53.8. The fourth-order valence-corrected chi connectivity index (χ4v) is 15.6. The van der Waals surface area contributed by atoms with E-state index < -0.39 is 91.5 Å². The highest BCUT2D eigenvalue weighted by Crippen LogP contribution is 2.45. The van der Waals surface area contributed by atoms with E-state index in [0.29, 0.717) is 19.3 Å². The summed E-state index contributed by atoms with van der Waals surface area (Å²) in [6.45, 7) is 2.58. The molecule has 0 bridgehead atoms. The van der Waals surface area contributed by atoms with Gasteiger partial charge in [-0.05, 0) is 154 Å². The minimum atomic E-state index is -4.95. The van der Waals surface area contributed by atoms with Crippen molar-refractivity contribution in [1.82, 2.24) is 0 Å². The van der Waals surface area contributed by atoms with E-state index in [1.807, 2.05) is 0 Å². The molecule has 4 N–H and O–H groups in total. The van der Waals surface area contributed by atoms with E-state index in [1.165, 1.54) is 231 Å². The monoisotopic (exact) mass is 1790 g/mol. The largest absolute Gasteiger partial charge is 0.472 e. The third-order valence-electron chi connectivity index (χ3n) is 21.7. The van der Waals surface area contributed by atoms with Crippen LogP contribution in [0.2, 0.25) is 0 Å². The number of phosphoric ester groups is 2. The molecule has 0 aromatic heterocycles. The van der Waals surface area contributed by atoms with Crippen molar-refractivity contribution >= 4 is 33.6 Å². The van der Waals surface area contributed by atoms with E-state index in [0.717, 1.165) is 154 Å². The van der Waals surface area contributed by atoms with E-state index in [-0.39, 0.29) is 19.3 Å². The summed E-state index contributed by atoms with van der Waals surface area (Å²) in [7, 11) is -9.82. The molecule has 18 heteroatoms. The maximum Gasteiger partial charge on any atom is 0.472 e. The van der Waals surface area contributed by atoms with Gasteiger partial charge in [0.05, 0.1) is 26.4 Å². The van der Waals surface area contributed by atoms with Gasteiger partial charge in [0, 0.05) is 19.3 Å². The van der Waals surface area contributed by atoms with Crippen molar-refractivity contribution in [2.24, 2.45) is 0 Å². The third-order valence-corrected chi connectivity index (χ3v) is 23.6. The number of rotatable bonds is 96. The number of unbranched alkanes of at least 4 members (excludes halogenated alkanes) is 47. The number of phosphoric acid groups is 2. The normalized spacial score (nSPS) is 14.3. The molecule has 0 radical (unpaired) electrons. The Balaban J connectivity index is 4.55. The lowest BCUT2D eigenvalue weighted by atomic mass is 10.0. The number of hydrogen-bond donors (Lipinski definition) is 4. The second-order valence-corrected chi connectivity index (χ2v) is 36.8. The second-order valence-electron chi connectivity index (χ2n) is 33.9. The van der Waals surface area contributed by atoms with Crippen LogP contribution in [-0.2, 0) is 55.8 Å². The van der Waals surface area contributed by atoms with Gasteiger partial charge in [-0.25, -0.2) is 9.13 Å². The molecule has 0 amide bonds. The molecule has 0 aliphatic carbocycles. The Labute approximate surface area is 765 Å². The van der Waals surface area contributed by atoms with Gasteiger partial charge < -0.3 is 34.2 Å². The molecule has 0 spiro atoms. The van der Waals surface area contributed by atoms with Crippen LogP contribution in [0.5, 0.6) is 0 Å². The van der Waals surface area contributed by atoms with E-state index in [9.17, 15) is 43.5 Å². The maximum absolute atomic E-state index is 13.1. The molecule has 0 aliphatic rings. The Morgan fingerprint density at radius 2 is 0.424 bits per heavy atom. The second kappa shape index (κ2) is 98.2. The molecule has 0 aliphatic heterocycles. The SMILES string of the molecule is CC/C=C\C/C=C\C/C=C\C/C=C\C/C=C\CCCCCCCCCCCCCCCCCCCCCC(=O)OCC(O)COP(=O)(O)OCC(O)COP(=O)(O)OCC(COC(=O)CCCCCCCCCCCCCCCCC/C=C\C/C=C\C/C=C\C/C=C\CCCCC)OC(=O)CCCCCCCCC/C=C\C/C=C\C/C=C\C/C=C\CCCCC. The minimum Gasteiger partial charge on any atom is -0.463 e. The van der Waals surface area contributed by atoms with Gasteiger partial charge in [-0.3, -0.25) is 32.5 Å². The Hall–Kier alpha value is -4.83. The highest BCUT2D eigenvalue weighted by Gasteiger charge is 2.30. The molecule has 720 valence electrons. The van der Waals surface area contributed by atoms with E-state index in [4.69, 9.17) is 32.3 Å².